The van der Waals surface area contributed by atoms with Gasteiger partial charge in [-0.05, 0) is 24.6 Å². The molecule has 0 spiro atoms. The lowest BCUT2D eigenvalue weighted by Gasteiger charge is -2.12. The molecule has 0 aliphatic heterocycles. The number of hydrogen-bond acceptors (Lipinski definition) is 6. The van der Waals surface area contributed by atoms with Crippen molar-refractivity contribution in [1.29, 1.82) is 0 Å². The Bertz CT molecular complexity index is 1010. The monoisotopic (exact) mass is 329 g/mol. The Balaban J connectivity index is 2.18. The topological polar surface area (TPSA) is 93.1 Å². The van der Waals surface area contributed by atoms with Crippen molar-refractivity contribution in [3.8, 4) is 0 Å². The van der Waals surface area contributed by atoms with Crippen LogP contribution in [0.15, 0.2) is 27.8 Å². The minimum atomic E-state index is -0.485. The van der Waals surface area contributed by atoms with E-state index in [1.54, 1.807) is 7.11 Å². The minimum absolute atomic E-state index is 0.164. The molecule has 0 atom stereocenters. The highest BCUT2D eigenvalue weighted by Gasteiger charge is 2.12. The predicted octanol–water partition coefficient (Wildman–Crippen LogP) is 0.735. The van der Waals surface area contributed by atoms with Crippen LogP contribution >= 0.6 is 0 Å². The van der Waals surface area contributed by atoms with Crippen LogP contribution in [-0.2, 0) is 11.3 Å². The number of aromatic nitrogens is 4. The Labute approximate surface area is 137 Å². The lowest BCUT2D eigenvalue weighted by Crippen LogP contribution is -2.36. The predicted molar refractivity (Wildman–Crippen MR) is 92.7 cm³/mol. The quantitative estimate of drug-likeness (QED) is 0.548. The third-order valence-corrected chi connectivity index (χ3v) is 3.81. The summed E-state index contributed by atoms with van der Waals surface area (Å²) in [6.45, 7) is 0.748. The van der Waals surface area contributed by atoms with Gasteiger partial charge in [-0.3, -0.25) is 14.3 Å². The normalized spacial score (nSPS) is 11.3. The van der Waals surface area contributed by atoms with Gasteiger partial charge in [0.2, 0.25) is 0 Å². The SMILES string of the molecule is COCCCn1c(=O)[nH]c2nc3cc(N(C)C)ccc3nc2c1=O. The van der Waals surface area contributed by atoms with Crippen LogP contribution in [0.1, 0.15) is 6.42 Å². The molecule has 0 aliphatic rings. The largest absolute Gasteiger partial charge is 0.385 e. The molecule has 0 saturated carbocycles. The number of H-pyrrole nitrogens is 1. The summed E-state index contributed by atoms with van der Waals surface area (Å²) in [6, 6.07) is 5.59. The molecule has 1 N–H and O–H groups in total. The Hall–Kier alpha value is -2.74. The van der Waals surface area contributed by atoms with Crippen molar-refractivity contribution in [1.82, 2.24) is 19.5 Å². The molecule has 2 aromatic heterocycles. The maximum Gasteiger partial charge on any atom is 0.330 e. The van der Waals surface area contributed by atoms with Gasteiger partial charge in [-0.15, -0.1) is 0 Å². The molecule has 0 unspecified atom stereocenters. The third-order valence-electron chi connectivity index (χ3n) is 3.81. The van der Waals surface area contributed by atoms with Crippen molar-refractivity contribution in [3.63, 3.8) is 0 Å². The van der Waals surface area contributed by atoms with E-state index in [0.717, 1.165) is 10.3 Å². The standard InChI is InChI=1S/C16H19N5O3/c1-20(2)10-5-6-11-12(9-10)18-14-13(17-11)15(22)21(16(23)19-14)7-4-8-24-3/h5-6,9H,4,7-8H2,1-3H3,(H,18,19,23). The molecule has 3 rings (SSSR count). The van der Waals surface area contributed by atoms with Crippen molar-refractivity contribution in [2.75, 3.05) is 32.7 Å². The first kappa shape index (κ1) is 16.1. The highest BCUT2D eigenvalue weighted by atomic mass is 16.5. The van der Waals surface area contributed by atoms with Gasteiger partial charge in [0.25, 0.3) is 5.56 Å². The van der Waals surface area contributed by atoms with Crippen LogP contribution in [0.4, 0.5) is 5.69 Å². The zero-order chi connectivity index (χ0) is 17.3. The van der Waals surface area contributed by atoms with Gasteiger partial charge < -0.3 is 9.64 Å². The molecule has 24 heavy (non-hydrogen) atoms. The zero-order valence-corrected chi connectivity index (χ0v) is 13.9. The van der Waals surface area contributed by atoms with Crippen LogP contribution in [0.5, 0.6) is 0 Å². The molecule has 0 bridgehead atoms. The second-order valence-corrected chi connectivity index (χ2v) is 5.72. The van der Waals surface area contributed by atoms with Crippen molar-refractivity contribution in [2.24, 2.45) is 0 Å². The van der Waals surface area contributed by atoms with E-state index in [9.17, 15) is 9.59 Å². The van der Waals surface area contributed by atoms with Gasteiger partial charge in [-0.1, -0.05) is 0 Å². The smallest absolute Gasteiger partial charge is 0.330 e. The molecule has 0 radical (unpaired) electrons. The van der Waals surface area contributed by atoms with Crippen molar-refractivity contribution >= 4 is 27.9 Å². The van der Waals surface area contributed by atoms with Crippen LogP contribution in [0, 0.1) is 0 Å². The average molecular weight is 329 g/mol. The number of fused-ring (bicyclic) bond motifs is 2. The number of ether oxygens (including phenoxy) is 1. The first-order valence-corrected chi connectivity index (χ1v) is 7.62. The molecule has 3 aromatic rings. The van der Waals surface area contributed by atoms with Crippen LogP contribution in [0.3, 0.4) is 0 Å². The number of hydrogen-bond donors (Lipinski definition) is 1. The number of nitrogens with zero attached hydrogens (tertiary/aromatic N) is 4. The molecule has 8 nitrogen and oxygen atoms in total. The number of methoxy groups -OCH3 is 1. The summed E-state index contributed by atoms with van der Waals surface area (Å²) in [6.07, 6.45) is 0.568. The fourth-order valence-electron chi connectivity index (χ4n) is 2.52. The number of anilines is 1. The maximum absolute atomic E-state index is 12.6. The number of nitrogens with one attached hydrogen (secondary N) is 1. The molecule has 2 heterocycles. The molecular weight excluding hydrogens is 310 g/mol. The lowest BCUT2D eigenvalue weighted by molar-refractivity contribution is 0.189. The second kappa shape index (κ2) is 6.40. The molecule has 1 aromatic carbocycles. The van der Waals surface area contributed by atoms with Crippen molar-refractivity contribution in [3.05, 3.63) is 39.0 Å². The molecule has 126 valence electrons. The first-order valence-electron chi connectivity index (χ1n) is 7.62. The first-order chi connectivity index (χ1) is 11.5. The van der Waals surface area contributed by atoms with E-state index in [0.29, 0.717) is 24.1 Å². The minimum Gasteiger partial charge on any atom is -0.385 e. The summed E-state index contributed by atoms with van der Waals surface area (Å²) in [5, 5.41) is 0. The van der Waals surface area contributed by atoms with Gasteiger partial charge in [0.15, 0.2) is 11.2 Å². The number of benzene rings is 1. The van der Waals surface area contributed by atoms with E-state index >= 15 is 0 Å². The molecule has 0 saturated heterocycles. The summed E-state index contributed by atoms with van der Waals surface area (Å²) in [5.74, 6) is 0. The zero-order valence-electron chi connectivity index (χ0n) is 13.9. The molecular formula is C16H19N5O3. The Morgan fingerprint density at radius 2 is 2.00 bits per heavy atom. The van der Waals surface area contributed by atoms with E-state index in [-0.39, 0.29) is 17.7 Å². The number of aromatic amines is 1. The van der Waals surface area contributed by atoms with Gasteiger partial charge in [-0.2, -0.15) is 0 Å². The van der Waals surface area contributed by atoms with Crippen LogP contribution in [0.2, 0.25) is 0 Å². The fourth-order valence-corrected chi connectivity index (χ4v) is 2.52. The van der Waals surface area contributed by atoms with E-state index in [2.05, 4.69) is 15.0 Å². The highest BCUT2D eigenvalue weighted by Crippen LogP contribution is 2.19. The molecule has 0 aliphatic carbocycles. The maximum atomic E-state index is 12.6. The summed E-state index contributed by atoms with van der Waals surface area (Å²) in [5.41, 5.74) is 1.65. The van der Waals surface area contributed by atoms with Crippen molar-refractivity contribution in [2.45, 2.75) is 13.0 Å². The van der Waals surface area contributed by atoms with Crippen LogP contribution in [0.25, 0.3) is 22.2 Å². The third kappa shape index (κ3) is 2.88. The second-order valence-electron chi connectivity index (χ2n) is 5.72. The molecule has 0 amide bonds. The summed E-state index contributed by atoms with van der Waals surface area (Å²) >= 11 is 0. The van der Waals surface area contributed by atoms with Gasteiger partial charge in [-0.25, -0.2) is 14.8 Å². The van der Waals surface area contributed by atoms with E-state index in [4.69, 9.17) is 4.74 Å². The molecule has 0 fully saturated rings. The van der Waals surface area contributed by atoms with Crippen LogP contribution < -0.4 is 16.1 Å². The average Bonchev–Trinajstić information content (AvgIpc) is 2.56. The van der Waals surface area contributed by atoms with E-state index in [1.165, 1.54) is 0 Å². The highest BCUT2D eigenvalue weighted by molar-refractivity contribution is 5.85. The Kier molecular flexibility index (Phi) is 4.30. The van der Waals surface area contributed by atoms with Gasteiger partial charge >= 0.3 is 5.69 Å². The summed E-state index contributed by atoms with van der Waals surface area (Å²) in [7, 11) is 5.43. The van der Waals surface area contributed by atoms with Gasteiger partial charge in [0.1, 0.15) is 0 Å². The van der Waals surface area contributed by atoms with Crippen molar-refractivity contribution < 1.29 is 4.74 Å². The summed E-state index contributed by atoms with van der Waals surface area (Å²) < 4.78 is 6.09. The van der Waals surface area contributed by atoms with Gasteiger partial charge in [0.05, 0.1) is 11.0 Å². The van der Waals surface area contributed by atoms with Crippen LogP contribution in [-0.4, -0.2) is 47.3 Å². The Morgan fingerprint density at radius 3 is 2.71 bits per heavy atom. The lowest BCUT2D eigenvalue weighted by atomic mass is 10.2. The summed E-state index contributed by atoms with van der Waals surface area (Å²) in [4.78, 5) is 38.1. The number of rotatable bonds is 5. The molecule has 8 heteroatoms. The Morgan fingerprint density at radius 1 is 1.21 bits per heavy atom. The van der Waals surface area contributed by atoms with E-state index < -0.39 is 11.2 Å². The van der Waals surface area contributed by atoms with Gasteiger partial charge in [0, 0.05) is 40.0 Å². The fraction of sp³-hybridized carbons (Fsp3) is 0.375. The van der Waals surface area contributed by atoms with E-state index in [1.807, 2.05) is 37.2 Å².